The highest BCUT2D eigenvalue weighted by atomic mass is 35.5. The van der Waals surface area contributed by atoms with Crippen LogP contribution >= 0.6 is 11.6 Å². The second-order valence-corrected chi connectivity index (χ2v) is 10.4. The SMILES string of the molecule is CC(=O)c1cn(CC(=O)N2C[C@H](F)C[C@H]2C(=O)NCc2cccc(Cl)c2F)c2ccc(NC(=O)NCc3ncn[nH]3)cc12. The Morgan fingerprint density at radius 1 is 1.14 bits per heavy atom. The molecule has 0 spiro atoms. The molecule has 1 aliphatic heterocycles. The number of hydrogen-bond donors (Lipinski definition) is 4. The van der Waals surface area contributed by atoms with Crippen LogP contribution in [0.5, 0.6) is 0 Å². The first-order valence-electron chi connectivity index (χ1n) is 13.3. The van der Waals surface area contributed by atoms with Crippen LogP contribution in [0.4, 0.5) is 19.3 Å². The number of rotatable bonds is 9. The number of carbonyl (C=O) groups is 4. The molecule has 15 heteroatoms. The molecule has 2 aromatic heterocycles. The van der Waals surface area contributed by atoms with Crippen LogP contribution in [0.1, 0.15) is 35.1 Å². The van der Waals surface area contributed by atoms with E-state index in [1.165, 1.54) is 31.6 Å². The number of hydrogen-bond acceptors (Lipinski definition) is 6. The van der Waals surface area contributed by atoms with Crippen molar-refractivity contribution in [3.63, 3.8) is 0 Å². The molecule has 0 radical (unpaired) electrons. The average molecular weight is 613 g/mol. The number of benzene rings is 2. The maximum absolute atomic E-state index is 14.5. The molecule has 0 bridgehead atoms. The predicted molar refractivity (Wildman–Crippen MR) is 152 cm³/mol. The van der Waals surface area contributed by atoms with Gasteiger partial charge < -0.3 is 25.4 Å². The molecule has 1 aliphatic rings. The minimum absolute atomic E-state index is 0.0916. The standard InChI is InChI=1S/C28H27ClF2N8O4/c1-15(40)20-12-38(22-6-5-18(8-19(20)22)36-28(43)33-10-24-34-14-35-37-24)13-25(41)39-11-17(30)7-23(39)27(42)32-9-16-3-2-4-21(29)26(16)31/h2-6,8,12,14,17,23H,7,9-11,13H2,1H3,(H,32,42)(H2,33,36,43)(H,34,35,37)/t17-,23+/m1/s1. The van der Waals surface area contributed by atoms with Gasteiger partial charge in [0.2, 0.25) is 11.8 Å². The molecular formula is C28H27ClF2N8O4. The summed E-state index contributed by atoms with van der Waals surface area (Å²) in [5.41, 5.74) is 1.41. The fraction of sp³-hybridized carbons (Fsp3) is 0.286. The Hall–Kier alpha value is -4.85. The highest BCUT2D eigenvalue weighted by Crippen LogP contribution is 2.27. The van der Waals surface area contributed by atoms with Crippen molar-refractivity contribution in [1.29, 1.82) is 0 Å². The quantitative estimate of drug-likeness (QED) is 0.213. The van der Waals surface area contributed by atoms with Crippen LogP contribution in [0, 0.1) is 5.82 Å². The summed E-state index contributed by atoms with van der Waals surface area (Å²) in [5, 5.41) is 14.6. The molecule has 0 unspecified atom stereocenters. The van der Waals surface area contributed by atoms with Gasteiger partial charge in [-0.3, -0.25) is 19.5 Å². The maximum atomic E-state index is 14.5. The zero-order chi connectivity index (χ0) is 30.7. The Bertz CT molecular complexity index is 1690. The first-order chi connectivity index (χ1) is 20.6. The van der Waals surface area contributed by atoms with E-state index in [0.717, 1.165) is 4.90 Å². The molecule has 43 heavy (non-hydrogen) atoms. The summed E-state index contributed by atoms with van der Waals surface area (Å²) in [4.78, 5) is 56.2. The molecule has 1 saturated heterocycles. The fourth-order valence-electron chi connectivity index (χ4n) is 4.97. The van der Waals surface area contributed by atoms with Crippen molar-refractivity contribution in [2.24, 2.45) is 0 Å². The lowest BCUT2D eigenvalue weighted by Gasteiger charge is -2.24. The van der Waals surface area contributed by atoms with Gasteiger partial charge in [0.25, 0.3) is 0 Å². The largest absolute Gasteiger partial charge is 0.350 e. The molecule has 0 aliphatic carbocycles. The zero-order valence-corrected chi connectivity index (χ0v) is 23.6. The first kappa shape index (κ1) is 29.6. The van der Waals surface area contributed by atoms with Gasteiger partial charge in [-0.2, -0.15) is 5.10 Å². The Kier molecular flexibility index (Phi) is 8.66. The average Bonchev–Trinajstić information content (AvgIpc) is 3.72. The van der Waals surface area contributed by atoms with Crippen molar-refractivity contribution < 1.29 is 28.0 Å². The first-order valence-corrected chi connectivity index (χ1v) is 13.7. The van der Waals surface area contributed by atoms with Crippen LogP contribution in [0.25, 0.3) is 10.9 Å². The van der Waals surface area contributed by atoms with E-state index in [0.29, 0.717) is 28.0 Å². The normalized spacial score (nSPS) is 16.3. The summed E-state index contributed by atoms with van der Waals surface area (Å²) in [5.74, 6) is -1.61. The van der Waals surface area contributed by atoms with Gasteiger partial charge in [0.1, 0.15) is 36.7 Å². The number of Topliss-reactive ketones (excluding diaryl/α,β-unsaturated/α-hetero) is 1. The van der Waals surface area contributed by atoms with Crippen LogP contribution in [0.2, 0.25) is 5.02 Å². The molecule has 2 aromatic carbocycles. The van der Waals surface area contributed by atoms with Crippen molar-refractivity contribution in [2.75, 3.05) is 11.9 Å². The number of likely N-dealkylation sites (tertiary alicyclic amines) is 1. The van der Waals surface area contributed by atoms with E-state index in [4.69, 9.17) is 11.6 Å². The number of nitrogens with one attached hydrogen (secondary N) is 4. The number of ketones is 1. The summed E-state index contributed by atoms with van der Waals surface area (Å²) in [6.07, 6.45) is 1.22. The zero-order valence-electron chi connectivity index (χ0n) is 22.9. The lowest BCUT2D eigenvalue weighted by Crippen LogP contribution is -2.46. The molecule has 5 rings (SSSR count). The second-order valence-electron chi connectivity index (χ2n) is 10.0. The van der Waals surface area contributed by atoms with Gasteiger partial charge in [0.15, 0.2) is 5.78 Å². The number of carbonyl (C=O) groups excluding carboxylic acids is 4. The minimum atomic E-state index is -1.42. The molecule has 4 N–H and O–H groups in total. The van der Waals surface area contributed by atoms with E-state index in [-0.39, 0.29) is 49.0 Å². The lowest BCUT2D eigenvalue weighted by atomic mass is 10.1. The predicted octanol–water partition coefficient (Wildman–Crippen LogP) is 3.33. The monoisotopic (exact) mass is 612 g/mol. The number of H-pyrrole nitrogens is 1. The molecular weight excluding hydrogens is 586 g/mol. The maximum Gasteiger partial charge on any atom is 0.319 e. The summed E-state index contributed by atoms with van der Waals surface area (Å²) in [7, 11) is 0. The Morgan fingerprint density at radius 2 is 1.95 bits per heavy atom. The molecule has 0 saturated carbocycles. The van der Waals surface area contributed by atoms with Crippen molar-refractivity contribution in [1.82, 2.24) is 35.3 Å². The highest BCUT2D eigenvalue weighted by Gasteiger charge is 2.39. The van der Waals surface area contributed by atoms with Crippen LogP contribution in [0.15, 0.2) is 48.9 Å². The highest BCUT2D eigenvalue weighted by molar-refractivity contribution is 6.30. The van der Waals surface area contributed by atoms with Crippen LogP contribution in [0.3, 0.4) is 0 Å². The van der Waals surface area contributed by atoms with Gasteiger partial charge in [-0.25, -0.2) is 18.6 Å². The van der Waals surface area contributed by atoms with Gasteiger partial charge in [-0.15, -0.1) is 0 Å². The van der Waals surface area contributed by atoms with E-state index in [1.807, 2.05) is 0 Å². The molecule has 2 atom stereocenters. The van der Waals surface area contributed by atoms with Gasteiger partial charge in [-0.05, 0) is 31.2 Å². The van der Waals surface area contributed by atoms with Crippen LogP contribution < -0.4 is 16.0 Å². The number of nitrogens with zero attached hydrogens (tertiary/aromatic N) is 4. The Balaban J connectivity index is 1.29. The molecule has 224 valence electrons. The second kappa shape index (κ2) is 12.6. The number of urea groups is 1. The summed E-state index contributed by atoms with van der Waals surface area (Å²) >= 11 is 5.80. The molecule has 4 aromatic rings. The molecule has 1 fully saturated rings. The van der Waals surface area contributed by atoms with E-state index < -0.39 is 35.9 Å². The molecule has 3 heterocycles. The van der Waals surface area contributed by atoms with Crippen molar-refractivity contribution in [3.05, 3.63) is 76.7 Å². The number of anilines is 1. The molecule has 4 amide bonds. The van der Waals surface area contributed by atoms with E-state index in [9.17, 15) is 28.0 Å². The van der Waals surface area contributed by atoms with E-state index in [2.05, 4.69) is 31.1 Å². The van der Waals surface area contributed by atoms with Gasteiger partial charge in [-0.1, -0.05) is 23.7 Å². The van der Waals surface area contributed by atoms with Gasteiger partial charge >= 0.3 is 6.03 Å². The van der Waals surface area contributed by atoms with Gasteiger partial charge in [0, 0.05) is 46.9 Å². The van der Waals surface area contributed by atoms with Crippen LogP contribution in [-0.2, 0) is 29.2 Å². The summed E-state index contributed by atoms with van der Waals surface area (Å²) in [6, 6.07) is 7.66. The number of aromatic amines is 1. The van der Waals surface area contributed by atoms with Crippen molar-refractivity contribution in [3.8, 4) is 0 Å². The lowest BCUT2D eigenvalue weighted by molar-refractivity contribution is -0.139. The molecule has 12 nitrogen and oxygen atoms in total. The number of amides is 4. The topological polar surface area (TPSA) is 154 Å². The Morgan fingerprint density at radius 3 is 2.70 bits per heavy atom. The summed E-state index contributed by atoms with van der Waals surface area (Å²) in [6.45, 7) is 0.770. The summed E-state index contributed by atoms with van der Waals surface area (Å²) < 4.78 is 30.2. The third-order valence-corrected chi connectivity index (χ3v) is 7.35. The number of alkyl halides is 1. The fourth-order valence-corrected chi connectivity index (χ4v) is 5.17. The third-order valence-electron chi connectivity index (χ3n) is 7.06. The van der Waals surface area contributed by atoms with Crippen molar-refractivity contribution in [2.45, 2.75) is 45.2 Å². The Labute approximate surface area is 248 Å². The van der Waals surface area contributed by atoms with E-state index >= 15 is 0 Å². The number of fused-ring (bicyclic) bond motifs is 1. The smallest absolute Gasteiger partial charge is 0.319 e. The van der Waals surface area contributed by atoms with Gasteiger partial charge in [0.05, 0.1) is 18.1 Å². The number of aromatic nitrogens is 4. The van der Waals surface area contributed by atoms with Crippen molar-refractivity contribution >= 4 is 51.8 Å². The third kappa shape index (κ3) is 6.64. The number of halogens is 3. The minimum Gasteiger partial charge on any atom is -0.350 e. The van der Waals surface area contributed by atoms with Crippen LogP contribution in [-0.4, -0.2) is 67.0 Å². The van der Waals surface area contributed by atoms with E-state index in [1.54, 1.807) is 28.8 Å².